The van der Waals surface area contributed by atoms with Crippen molar-refractivity contribution in [1.29, 1.82) is 0 Å². The van der Waals surface area contributed by atoms with Crippen LogP contribution in [0, 0.1) is 5.92 Å². The maximum Gasteiger partial charge on any atom is 0.433 e. The predicted octanol–water partition coefficient (Wildman–Crippen LogP) is 5.89. The molecule has 0 radical (unpaired) electrons. The number of anilines is 1. The number of carbonyl (C=O) groups excluding carboxylic acids is 1. The minimum absolute atomic E-state index is 0.00493. The molecule has 0 bridgehead atoms. The molecule has 154 valence electrons. The third-order valence-corrected chi connectivity index (χ3v) is 5.14. The second-order valence-electron chi connectivity index (χ2n) is 6.95. The Morgan fingerprint density at radius 3 is 2.41 bits per heavy atom. The molecule has 1 aliphatic carbocycles. The van der Waals surface area contributed by atoms with E-state index < -0.39 is 11.9 Å². The van der Waals surface area contributed by atoms with Gasteiger partial charge in [-0.15, -0.1) is 0 Å². The van der Waals surface area contributed by atoms with Gasteiger partial charge in [0.05, 0.1) is 6.10 Å². The van der Waals surface area contributed by atoms with Crippen LogP contribution in [0.25, 0.3) is 0 Å². The molecule has 0 unspecified atom stereocenters. The number of benzene rings is 1. The van der Waals surface area contributed by atoms with Crippen LogP contribution in [0.3, 0.4) is 0 Å². The van der Waals surface area contributed by atoms with Crippen LogP contribution in [0.2, 0.25) is 5.02 Å². The number of aromatic nitrogens is 1. The van der Waals surface area contributed by atoms with E-state index in [9.17, 15) is 18.0 Å². The van der Waals surface area contributed by atoms with E-state index in [1.807, 2.05) is 0 Å². The molecule has 0 aliphatic heterocycles. The summed E-state index contributed by atoms with van der Waals surface area (Å²) in [5.74, 6) is -0.0962. The maximum atomic E-state index is 12.8. The number of pyridine rings is 1. The van der Waals surface area contributed by atoms with Gasteiger partial charge < -0.3 is 10.1 Å². The van der Waals surface area contributed by atoms with E-state index in [-0.39, 0.29) is 23.7 Å². The predicted molar refractivity (Wildman–Crippen MR) is 105 cm³/mol. The Morgan fingerprint density at radius 1 is 1.14 bits per heavy atom. The highest BCUT2D eigenvalue weighted by Gasteiger charge is 2.33. The summed E-state index contributed by atoms with van der Waals surface area (Å²) in [6.45, 7) is 3.93. The Kier molecular flexibility index (Phi) is 6.47. The van der Waals surface area contributed by atoms with Crippen molar-refractivity contribution >= 4 is 23.2 Å². The van der Waals surface area contributed by atoms with Gasteiger partial charge in [0.1, 0.15) is 11.4 Å². The average molecular weight is 425 g/mol. The number of ether oxygens (including phenoxy) is 1. The summed E-state index contributed by atoms with van der Waals surface area (Å²) in [7, 11) is 0. The normalized spacial score (nSPS) is 19.4. The van der Waals surface area contributed by atoms with Gasteiger partial charge in [0.25, 0.3) is 5.91 Å². The van der Waals surface area contributed by atoms with E-state index in [0.29, 0.717) is 42.0 Å². The first kappa shape index (κ1) is 21.2. The van der Waals surface area contributed by atoms with E-state index >= 15 is 0 Å². The number of carbonyl (C=O) groups is 1. The first-order chi connectivity index (χ1) is 13.7. The lowest BCUT2D eigenvalue weighted by Crippen LogP contribution is -2.28. The van der Waals surface area contributed by atoms with Crippen molar-refractivity contribution in [3.63, 3.8) is 0 Å². The summed E-state index contributed by atoms with van der Waals surface area (Å²) >= 11 is 5.83. The Bertz CT molecular complexity index is 876. The summed E-state index contributed by atoms with van der Waals surface area (Å²) < 4.78 is 44.0. The van der Waals surface area contributed by atoms with Crippen molar-refractivity contribution in [3.05, 3.63) is 65.5 Å². The van der Waals surface area contributed by atoms with Crippen LogP contribution in [-0.4, -0.2) is 17.0 Å². The lowest BCUT2D eigenvalue weighted by atomic mass is 9.82. The third-order valence-electron chi connectivity index (χ3n) is 4.89. The maximum absolute atomic E-state index is 12.8. The molecule has 1 saturated carbocycles. The fourth-order valence-electron chi connectivity index (χ4n) is 3.29. The molecule has 1 aromatic carbocycles. The zero-order valence-corrected chi connectivity index (χ0v) is 16.3. The SMILES string of the molecule is C=C(C(=O)Nc1ccc(Cl)cc1)[C@H]1CC[C@H](Oc2ccnc(C(F)(F)F)c2)CC1. The van der Waals surface area contributed by atoms with E-state index in [0.717, 1.165) is 12.3 Å². The molecule has 8 heteroatoms. The second kappa shape index (κ2) is 8.86. The molecule has 3 rings (SSSR count). The molecule has 4 nitrogen and oxygen atoms in total. The van der Waals surface area contributed by atoms with E-state index in [1.54, 1.807) is 24.3 Å². The molecule has 0 saturated heterocycles. The average Bonchev–Trinajstić information content (AvgIpc) is 2.69. The Labute approximate surface area is 171 Å². The van der Waals surface area contributed by atoms with Crippen LogP contribution in [0.1, 0.15) is 31.4 Å². The first-order valence-corrected chi connectivity index (χ1v) is 9.56. The van der Waals surface area contributed by atoms with Crippen LogP contribution in [-0.2, 0) is 11.0 Å². The molecule has 1 aromatic heterocycles. The number of nitrogens with one attached hydrogen (secondary N) is 1. The molecular weight excluding hydrogens is 405 g/mol. The van der Waals surface area contributed by atoms with Gasteiger partial charge in [-0.1, -0.05) is 18.2 Å². The van der Waals surface area contributed by atoms with Crippen molar-refractivity contribution in [3.8, 4) is 5.75 Å². The number of halogens is 4. The van der Waals surface area contributed by atoms with Gasteiger partial charge in [-0.05, 0) is 61.9 Å². The molecule has 0 spiro atoms. The largest absolute Gasteiger partial charge is 0.490 e. The quantitative estimate of drug-likeness (QED) is 0.609. The number of nitrogens with zero attached hydrogens (tertiary/aromatic N) is 1. The minimum Gasteiger partial charge on any atom is -0.490 e. The zero-order chi connectivity index (χ0) is 21.0. The molecule has 1 fully saturated rings. The molecule has 1 N–H and O–H groups in total. The summed E-state index contributed by atoms with van der Waals surface area (Å²) in [6, 6.07) is 9.12. The smallest absolute Gasteiger partial charge is 0.433 e. The zero-order valence-electron chi connectivity index (χ0n) is 15.5. The summed E-state index contributed by atoms with van der Waals surface area (Å²) in [5, 5.41) is 3.38. The first-order valence-electron chi connectivity index (χ1n) is 9.18. The number of hydrogen-bond acceptors (Lipinski definition) is 3. The Morgan fingerprint density at radius 2 is 1.79 bits per heavy atom. The van der Waals surface area contributed by atoms with Gasteiger partial charge in [0.2, 0.25) is 0 Å². The minimum atomic E-state index is -4.51. The van der Waals surface area contributed by atoms with Crippen LogP contribution in [0.4, 0.5) is 18.9 Å². The van der Waals surface area contributed by atoms with Gasteiger partial charge in [-0.3, -0.25) is 9.78 Å². The highest BCUT2D eigenvalue weighted by atomic mass is 35.5. The fraction of sp³-hybridized carbons (Fsp3) is 0.333. The fourth-order valence-corrected chi connectivity index (χ4v) is 3.42. The van der Waals surface area contributed by atoms with Crippen molar-refractivity contribution in [2.75, 3.05) is 5.32 Å². The summed E-state index contributed by atoms with van der Waals surface area (Å²) in [4.78, 5) is 15.7. The molecule has 1 amide bonds. The molecule has 1 aliphatic rings. The Balaban J connectivity index is 1.51. The number of alkyl halides is 3. The standard InChI is InChI=1S/C21H20ClF3N2O2/c1-13(20(28)27-16-6-4-15(22)5-7-16)14-2-8-17(9-3-14)29-18-10-11-26-19(12-18)21(23,24)25/h4-7,10-12,14,17H,1-3,8-9H2,(H,27,28)/t14-,17-. The van der Waals surface area contributed by atoms with Crippen LogP contribution in [0.5, 0.6) is 5.75 Å². The molecular formula is C21H20ClF3N2O2. The lowest BCUT2D eigenvalue weighted by molar-refractivity contribution is -0.141. The van der Waals surface area contributed by atoms with Crippen molar-refractivity contribution in [1.82, 2.24) is 4.98 Å². The summed E-state index contributed by atoms with van der Waals surface area (Å²) in [6.07, 6.45) is -1.02. The monoisotopic (exact) mass is 424 g/mol. The van der Waals surface area contributed by atoms with Gasteiger partial charge in [-0.2, -0.15) is 13.2 Å². The molecule has 1 heterocycles. The molecule has 2 aromatic rings. The van der Waals surface area contributed by atoms with Gasteiger partial charge >= 0.3 is 6.18 Å². The molecule has 29 heavy (non-hydrogen) atoms. The van der Waals surface area contributed by atoms with Gasteiger partial charge in [-0.25, -0.2) is 0 Å². The van der Waals surface area contributed by atoms with Crippen molar-refractivity contribution in [2.24, 2.45) is 5.92 Å². The number of amides is 1. The van der Waals surface area contributed by atoms with E-state index in [2.05, 4.69) is 16.9 Å². The molecule has 0 atom stereocenters. The van der Waals surface area contributed by atoms with Crippen LogP contribution < -0.4 is 10.1 Å². The van der Waals surface area contributed by atoms with Crippen LogP contribution >= 0.6 is 11.6 Å². The Hall–Kier alpha value is -2.54. The van der Waals surface area contributed by atoms with Crippen LogP contribution in [0.15, 0.2) is 54.7 Å². The van der Waals surface area contributed by atoms with Gasteiger partial charge in [0.15, 0.2) is 0 Å². The van der Waals surface area contributed by atoms with E-state index in [1.165, 1.54) is 6.07 Å². The highest BCUT2D eigenvalue weighted by molar-refractivity contribution is 6.30. The van der Waals surface area contributed by atoms with E-state index in [4.69, 9.17) is 16.3 Å². The summed E-state index contributed by atoms with van der Waals surface area (Å²) in [5.41, 5.74) is 0.147. The highest BCUT2D eigenvalue weighted by Crippen LogP contribution is 2.34. The van der Waals surface area contributed by atoms with Gasteiger partial charge in [0, 0.05) is 28.5 Å². The second-order valence-corrected chi connectivity index (χ2v) is 7.39. The van der Waals surface area contributed by atoms with Crippen molar-refractivity contribution < 1.29 is 22.7 Å². The number of hydrogen-bond donors (Lipinski definition) is 1. The van der Waals surface area contributed by atoms with Crippen molar-refractivity contribution in [2.45, 2.75) is 38.0 Å². The topological polar surface area (TPSA) is 51.2 Å². The lowest BCUT2D eigenvalue weighted by Gasteiger charge is -2.29. The third kappa shape index (κ3) is 5.73. The number of rotatable bonds is 5.